The van der Waals surface area contributed by atoms with Gasteiger partial charge in [0.2, 0.25) is 11.8 Å². The molecule has 0 aromatic rings. The number of carbonyl (C=O) groups excluding carboxylic acids is 2. The van der Waals surface area contributed by atoms with E-state index < -0.39 is 0 Å². The normalized spacial score (nSPS) is 14.6. The minimum absolute atomic E-state index is 0. The van der Waals surface area contributed by atoms with Gasteiger partial charge in [-0.2, -0.15) is 0 Å². The molecule has 0 radical (unpaired) electrons. The number of hydrogen-bond donors (Lipinski definition) is 2. The summed E-state index contributed by atoms with van der Waals surface area (Å²) in [5, 5.41) is 6.58. The number of nitrogens with zero attached hydrogens (tertiary/aromatic N) is 3. The highest BCUT2D eigenvalue weighted by Crippen LogP contribution is 2.10. The van der Waals surface area contributed by atoms with E-state index in [0.29, 0.717) is 44.9 Å². The van der Waals surface area contributed by atoms with Crippen LogP contribution >= 0.6 is 24.0 Å². The number of aliphatic imine (C=N–C) groups is 1. The highest BCUT2D eigenvalue weighted by molar-refractivity contribution is 14.0. The van der Waals surface area contributed by atoms with Crippen molar-refractivity contribution in [3.8, 4) is 0 Å². The highest BCUT2D eigenvalue weighted by Gasteiger charge is 2.23. The molecule has 0 aliphatic carbocycles. The number of carbonyl (C=O) groups is 2. The molecule has 1 aliphatic rings. The van der Waals surface area contributed by atoms with Gasteiger partial charge in [-0.15, -0.1) is 24.0 Å². The second-order valence-corrected chi connectivity index (χ2v) is 7.86. The predicted octanol–water partition coefficient (Wildman–Crippen LogP) is 2.85. The van der Waals surface area contributed by atoms with Gasteiger partial charge in [0.15, 0.2) is 5.96 Å². The van der Waals surface area contributed by atoms with Gasteiger partial charge in [-0.25, -0.2) is 0 Å². The molecular formula is C21H42IN5O2. The van der Waals surface area contributed by atoms with Crippen molar-refractivity contribution in [1.29, 1.82) is 0 Å². The van der Waals surface area contributed by atoms with E-state index in [9.17, 15) is 9.59 Å². The number of piperazine rings is 1. The van der Waals surface area contributed by atoms with Gasteiger partial charge in [-0.05, 0) is 32.1 Å². The third kappa shape index (κ3) is 12.3. The van der Waals surface area contributed by atoms with Crippen LogP contribution in [0.15, 0.2) is 4.99 Å². The van der Waals surface area contributed by atoms with Gasteiger partial charge >= 0.3 is 0 Å². The van der Waals surface area contributed by atoms with E-state index in [1.807, 2.05) is 9.80 Å². The van der Waals surface area contributed by atoms with Gasteiger partial charge in [-0.1, -0.05) is 27.2 Å². The topological polar surface area (TPSA) is 77.0 Å². The van der Waals surface area contributed by atoms with Crippen molar-refractivity contribution >= 4 is 41.8 Å². The third-order valence-electron chi connectivity index (χ3n) is 4.77. The Morgan fingerprint density at radius 2 is 1.55 bits per heavy atom. The summed E-state index contributed by atoms with van der Waals surface area (Å²) in [4.78, 5) is 32.8. The molecule has 1 saturated heterocycles. The summed E-state index contributed by atoms with van der Waals surface area (Å²) in [6.45, 7) is 13.6. The monoisotopic (exact) mass is 523 g/mol. The maximum absolute atomic E-state index is 12.4. The number of guanidine groups is 1. The predicted molar refractivity (Wildman–Crippen MR) is 131 cm³/mol. The highest BCUT2D eigenvalue weighted by atomic mass is 127. The maximum atomic E-state index is 12.4. The van der Waals surface area contributed by atoms with Gasteiger partial charge in [0.05, 0.1) is 0 Å². The van der Waals surface area contributed by atoms with Gasteiger partial charge in [0.1, 0.15) is 0 Å². The van der Waals surface area contributed by atoms with Crippen LogP contribution in [0.5, 0.6) is 0 Å². The second kappa shape index (κ2) is 16.7. The fraction of sp³-hybridized carbons (Fsp3) is 0.857. The molecule has 1 fully saturated rings. The van der Waals surface area contributed by atoms with Crippen LogP contribution in [0.3, 0.4) is 0 Å². The number of unbranched alkanes of at least 4 members (excludes halogenated alkanes) is 2. The molecule has 29 heavy (non-hydrogen) atoms. The standard InChI is InChI=1S/C21H41N5O2.HI/c1-5-11-23-21(22-6-2)24-12-9-7-8-10-19(27)25-13-15-26(16-14-25)20(28)17-18(3)4;/h18H,5-17H2,1-4H3,(H2,22,23,24);1H. The molecule has 1 aliphatic heterocycles. The van der Waals surface area contributed by atoms with Crippen molar-refractivity contribution in [3.05, 3.63) is 0 Å². The SMILES string of the molecule is CCCN=C(NCC)NCCCCCC(=O)N1CCN(C(=O)CC(C)C)CC1.I. The van der Waals surface area contributed by atoms with E-state index in [2.05, 4.69) is 43.3 Å². The molecule has 8 heteroatoms. The fourth-order valence-electron chi connectivity index (χ4n) is 3.19. The Morgan fingerprint density at radius 3 is 2.10 bits per heavy atom. The molecule has 0 spiro atoms. The Labute approximate surface area is 194 Å². The molecule has 1 heterocycles. The molecule has 0 unspecified atom stereocenters. The lowest BCUT2D eigenvalue weighted by Crippen LogP contribution is -2.50. The number of rotatable bonds is 11. The van der Waals surface area contributed by atoms with E-state index in [1.165, 1.54) is 0 Å². The Kier molecular flexibility index (Phi) is 16.1. The van der Waals surface area contributed by atoms with Crippen LogP contribution in [0.1, 0.15) is 66.2 Å². The first kappa shape index (κ1) is 27.9. The summed E-state index contributed by atoms with van der Waals surface area (Å²) < 4.78 is 0. The number of hydrogen-bond acceptors (Lipinski definition) is 3. The molecule has 0 bridgehead atoms. The van der Waals surface area contributed by atoms with Crippen molar-refractivity contribution in [1.82, 2.24) is 20.4 Å². The van der Waals surface area contributed by atoms with Crippen LogP contribution in [-0.2, 0) is 9.59 Å². The Bertz CT molecular complexity index is 491. The zero-order valence-corrected chi connectivity index (χ0v) is 21.2. The summed E-state index contributed by atoms with van der Waals surface area (Å²) in [6, 6.07) is 0. The summed E-state index contributed by atoms with van der Waals surface area (Å²) in [7, 11) is 0. The average Bonchev–Trinajstić information content (AvgIpc) is 2.68. The molecule has 0 saturated carbocycles. The molecule has 2 amide bonds. The van der Waals surface area contributed by atoms with Crippen molar-refractivity contribution in [2.75, 3.05) is 45.8 Å². The maximum Gasteiger partial charge on any atom is 0.222 e. The third-order valence-corrected chi connectivity index (χ3v) is 4.77. The minimum Gasteiger partial charge on any atom is -0.357 e. The van der Waals surface area contributed by atoms with E-state index in [4.69, 9.17) is 0 Å². The smallest absolute Gasteiger partial charge is 0.222 e. The van der Waals surface area contributed by atoms with Crippen molar-refractivity contribution in [2.45, 2.75) is 66.2 Å². The zero-order valence-electron chi connectivity index (χ0n) is 18.8. The lowest BCUT2D eigenvalue weighted by molar-refractivity contribution is -0.140. The Hall–Kier alpha value is -1.06. The lowest BCUT2D eigenvalue weighted by Gasteiger charge is -2.35. The largest absolute Gasteiger partial charge is 0.357 e. The van der Waals surface area contributed by atoms with Crippen LogP contribution in [0, 0.1) is 5.92 Å². The number of amides is 2. The molecule has 0 atom stereocenters. The van der Waals surface area contributed by atoms with E-state index in [1.54, 1.807) is 0 Å². The average molecular weight is 524 g/mol. The van der Waals surface area contributed by atoms with E-state index in [0.717, 1.165) is 51.3 Å². The summed E-state index contributed by atoms with van der Waals surface area (Å²) in [5.74, 6) is 1.70. The quantitative estimate of drug-likeness (QED) is 0.189. The number of halogens is 1. The van der Waals surface area contributed by atoms with Crippen LogP contribution in [0.2, 0.25) is 0 Å². The molecule has 1 rings (SSSR count). The number of nitrogens with one attached hydrogen (secondary N) is 2. The van der Waals surface area contributed by atoms with E-state index in [-0.39, 0.29) is 35.8 Å². The van der Waals surface area contributed by atoms with Crippen molar-refractivity contribution in [2.24, 2.45) is 10.9 Å². The molecule has 7 nitrogen and oxygen atoms in total. The fourth-order valence-corrected chi connectivity index (χ4v) is 3.19. The molecular weight excluding hydrogens is 481 g/mol. The summed E-state index contributed by atoms with van der Waals surface area (Å²) >= 11 is 0. The van der Waals surface area contributed by atoms with Gasteiger partial charge in [-0.3, -0.25) is 14.6 Å². The lowest BCUT2D eigenvalue weighted by atomic mass is 10.1. The zero-order chi connectivity index (χ0) is 20.8. The van der Waals surface area contributed by atoms with Crippen LogP contribution in [-0.4, -0.2) is 73.4 Å². The Balaban J connectivity index is 0.00000784. The summed E-state index contributed by atoms with van der Waals surface area (Å²) in [5.41, 5.74) is 0. The van der Waals surface area contributed by atoms with Crippen LogP contribution in [0.4, 0.5) is 0 Å². The Morgan fingerprint density at radius 1 is 0.931 bits per heavy atom. The first-order chi connectivity index (χ1) is 13.5. The molecule has 2 N–H and O–H groups in total. The van der Waals surface area contributed by atoms with Crippen molar-refractivity contribution in [3.63, 3.8) is 0 Å². The van der Waals surface area contributed by atoms with Gasteiger partial charge in [0.25, 0.3) is 0 Å². The van der Waals surface area contributed by atoms with E-state index >= 15 is 0 Å². The minimum atomic E-state index is 0. The second-order valence-electron chi connectivity index (χ2n) is 7.86. The van der Waals surface area contributed by atoms with Crippen LogP contribution in [0.25, 0.3) is 0 Å². The first-order valence-electron chi connectivity index (χ1n) is 11.1. The first-order valence-corrected chi connectivity index (χ1v) is 11.1. The van der Waals surface area contributed by atoms with Crippen molar-refractivity contribution < 1.29 is 9.59 Å². The molecule has 0 aromatic heterocycles. The molecule has 0 aromatic carbocycles. The van der Waals surface area contributed by atoms with Crippen LogP contribution < -0.4 is 10.6 Å². The molecule has 170 valence electrons. The van der Waals surface area contributed by atoms with Gasteiger partial charge < -0.3 is 20.4 Å². The van der Waals surface area contributed by atoms with Gasteiger partial charge in [0, 0.05) is 58.7 Å². The summed E-state index contributed by atoms with van der Waals surface area (Å²) in [6.07, 6.45) is 5.21.